The van der Waals surface area contributed by atoms with Gasteiger partial charge in [-0.05, 0) is 30.0 Å². The first kappa shape index (κ1) is 14.4. The average Bonchev–Trinajstić information content (AvgIpc) is 3.23. The van der Waals surface area contributed by atoms with E-state index in [0.717, 1.165) is 16.1 Å². The normalized spacial score (nSPS) is 27.0. The third-order valence-corrected chi connectivity index (χ3v) is 5.47. The molecule has 0 radical (unpaired) electrons. The second-order valence-electron chi connectivity index (χ2n) is 5.86. The Labute approximate surface area is 138 Å². The number of hydroxylamine groups is 1. The molecule has 23 heavy (non-hydrogen) atoms. The molecule has 5 nitrogen and oxygen atoms in total. The van der Waals surface area contributed by atoms with Gasteiger partial charge in [0, 0.05) is 11.9 Å². The topological polar surface area (TPSA) is 49.9 Å². The van der Waals surface area contributed by atoms with Gasteiger partial charge in [0.05, 0.1) is 5.69 Å². The van der Waals surface area contributed by atoms with Gasteiger partial charge in [-0.3, -0.25) is 19.3 Å². The van der Waals surface area contributed by atoms with Crippen LogP contribution in [0.3, 0.4) is 0 Å². The van der Waals surface area contributed by atoms with E-state index in [4.69, 9.17) is 4.84 Å². The molecule has 2 aromatic rings. The molecule has 3 atom stereocenters. The summed E-state index contributed by atoms with van der Waals surface area (Å²) in [6.45, 7) is 1.99. The number of imide groups is 1. The quantitative estimate of drug-likeness (QED) is 0.795. The van der Waals surface area contributed by atoms with Crippen LogP contribution in [0.2, 0.25) is 0 Å². The van der Waals surface area contributed by atoms with E-state index in [1.165, 1.54) is 11.9 Å². The molecule has 3 unspecified atom stereocenters. The van der Waals surface area contributed by atoms with Gasteiger partial charge >= 0.3 is 0 Å². The van der Waals surface area contributed by atoms with E-state index in [1.54, 1.807) is 16.4 Å². The third-order valence-electron chi connectivity index (χ3n) is 4.52. The van der Waals surface area contributed by atoms with E-state index < -0.39 is 12.0 Å². The molecule has 0 spiro atoms. The number of anilines is 1. The largest absolute Gasteiger partial charge is 0.283 e. The number of carbonyl (C=O) groups is 2. The number of fused-ring (bicyclic) bond motifs is 1. The highest BCUT2D eigenvalue weighted by molar-refractivity contribution is 7.10. The van der Waals surface area contributed by atoms with Crippen LogP contribution in [0.5, 0.6) is 0 Å². The van der Waals surface area contributed by atoms with Crippen molar-refractivity contribution in [3.05, 3.63) is 52.2 Å². The van der Waals surface area contributed by atoms with Crippen molar-refractivity contribution < 1.29 is 14.4 Å². The molecule has 118 valence electrons. The van der Waals surface area contributed by atoms with Gasteiger partial charge in [0.15, 0.2) is 6.10 Å². The number of para-hydroxylation sites is 1. The van der Waals surface area contributed by atoms with E-state index in [0.29, 0.717) is 0 Å². The van der Waals surface area contributed by atoms with Gasteiger partial charge in [0.2, 0.25) is 5.91 Å². The number of aryl methyl sites for hydroxylation is 1. The minimum absolute atomic E-state index is 0.172. The zero-order valence-electron chi connectivity index (χ0n) is 12.8. The predicted octanol–water partition coefficient (Wildman–Crippen LogP) is 2.53. The molecule has 0 bridgehead atoms. The van der Waals surface area contributed by atoms with Crippen LogP contribution < -0.4 is 5.06 Å². The van der Waals surface area contributed by atoms with Crippen LogP contribution in [0.25, 0.3) is 0 Å². The molecule has 2 fully saturated rings. The maximum absolute atomic E-state index is 12.6. The Morgan fingerprint density at radius 2 is 1.87 bits per heavy atom. The third kappa shape index (κ3) is 2.02. The van der Waals surface area contributed by atoms with Crippen molar-refractivity contribution in [1.29, 1.82) is 0 Å². The SMILES string of the molecule is Cc1ccccc1N1OC2C(=O)N(C)C(=O)C2C1c1cccs1. The lowest BCUT2D eigenvalue weighted by Gasteiger charge is -2.28. The number of carbonyl (C=O) groups excluding carboxylic acids is 2. The Balaban J connectivity index is 1.83. The molecule has 3 heterocycles. The second kappa shape index (κ2) is 5.18. The fourth-order valence-corrected chi connectivity index (χ4v) is 4.17. The molecule has 2 aliphatic heterocycles. The number of thiophene rings is 1. The first-order valence-corrected chi connectivity index (χ1v) is 8.34. The monoisotopic (exact) mass is 328 g/mol. The summed E-state index contributed by atoms with van der Waals surface area (Å²) in [6.07, 6.45) is -0.737. The van der Waals surface area contributed by atoms with Crippen molar-refractivity contribution in [1.82, 2.24) is 4.90 Å². The van der Waals surface area contributed by atoms with Crippen LogP contribution >= 0.6 is 11.3 Å². The smallest absolute Gasteiger partial charge is 0.261 e. The summed E-state index contributed by atoms with van der Waals surface area (Å²) in [5.41, 5.74) is 1.94. The minimum Gasteiger partial charge on any atom is -0.283 e. The molecule has 2 saturated heterocycles. The second-order valence-corrected chi connectivity index (χ2v) is 6.84. The zero-order chi connectivity index (χ0) is 16.1. The minimum atomic E-state index is -0.737. The van der Waals surface area contributed by atoms with Crippen molar-refractivity contribution in [2.75, 3.05) is 12.1 Å². The fourth-order valence-electron chi connectivity index (χ4n) is 3.32. The van der Waals surface area contributed by atoms with Crippen molar-refractivity contribution in [3.8, 4) is 0 Å². The van der Waals surface area contributed by atoms with E-state index in [2.05, 4.69) is 0 Å². The maximum atomic E-state index is 12.6. The molecule has 0 saturated carbocycles. The fraction of sp³-hybridized carbons (Fsp3) is 0.294. The van der Waals surface area contributed by atoms with Crippen molar-refractivity contribution in [2.24, 2.45) is 5.92 Å². The number of likely N-dealkylation sites (tertiary alicyclic amines) is 1. The number of rotatable bonds is 2. The number of nitrogens with zero attached hydrogens (tertiary/aromatic N) is 2. The molecule has 2 aliphatic rings. The van der Waals surface area contributed by atoms with Crippen LogP contribution in [0.15, 0.2) is 41.8 Å². The number of hydrogen-bond donors (Lipinski definition) is 0. The van der Waals surface area contributed by atoms with Gasteiger partial charge < -0.3 is 0 Å². The van der Waals surface area contributed by atoms with Crippen LogP contribution in [0.4, 0.5) is 5.69 Å². The first-order chi connectivity index (χ1) is 11.1. The van der Waals surface area contributed by atoms with Crippen LogP contribution in [-0.4, -0.2) is 29.9 Å². The Morgan fingerprint density at radius 3 is 2.57 bits per heavy atom. The number of likely N-dealkylation sites (N-methyl/N-ethyl adjacent to an activating group) is 1. The lowest BCUT2D eigenvalue weighted by atomic mass is 9.95. The first-order valence-electron chi connectivity index (χ1n) is 7.46. The van der Waals surface area contributed by atoms with E-state index in [9.17, 15) is 9.59 Å². The standard InChI is InChI=1S/C17H16N2O3S/c1-10-6-3-4-7-11(10)19-14(12-8-5-9-23-12)13-15(22-19)17(21)18(2)16(13)20/h3-9,13-15H,1-2H3. The Morgan fingerprint density at radius 1 is 1.09 bits per heavy atom. The number of amides is 2. The van der Waals surface area contributed by atoms with Gasteiger partial charge in [0.25, 0.3) is 5.91 Å². The lowest BCUT2D eigenvalue weighted by Crippen LogP contribution is -2.34. The van der Waals surface area contributed by atoms with Crippen molar-refractivity contribution >= 4 is 28.8 Å². The van der Waals surface area contributed by atoms with Crippen LogP contribution in [0, 0.1) is 12.8 Å². The summed E-state index contributed by atoms with van der Waals surface area (Å²) < 4.78 is 0. The van der Waals surface area contributed by atoms with E-state index in [-0.39, 0.29) is 17.9 Å². The van der Waals surface area contributed by atoms with Gasteiger partial charge in [-0.15, -0.1) is 11.3 Å². The summed E-state index contributed by atoms with van der Waals surface area (Å²) in [5, 5.41) is 3.73. The maximum Gasteiger partial charge on any atom is 0.261 e. The lowest BCUT2D eigenvalue weighted by molar-refractivity contribution is -0.141. The summed E-state index contributed by atoms with van der Waals surface area (Å²) in [4.78, 5) is 33.1. The van der Waals surface area contributed by atoms with E-state index in [1.807, 2.05) is 48.7 Å². The highest BCUT2D eigenvalue weighted by Crippen LogP contribution is 2.47. The van der Waals surface area contributed by atoms with Crippen molar-refractivity contribution in [2.45, 2.75) is 19.1 Å². The van der Waals surface area contributed by atoms with Gasteiger partial charge in [-0.2, -0.15) is 0 Å². The van der Waals surface area contributed by atoms with E-state index >= 15 is 0 Å². The van der Waals surface area contributed by atoms with Gasteiger partial charge in [-0.25, -0.2) is 5.06 Å². The number of benzene rings is 1. The molecule has 1 aromatic heterocycles. The van der Waals surface area contributed by atoms with Gasteiger partial charge in [0.1, 0.15) is 12.0 Å². The Bertz CT molecular complexity index is 774. The molecule has 2 amide bonds. The van der Waals surface area contributed by atoms with Gasteiger partial charge in [-0.1, -0.05) is 24.3 Å². The molecule has 0 aliphatic carbocycles. The number of hydrogen-bond acceptors (Lipinski definition) is 5. The zero-order valence-corrected chi connectivity index (χ0v) is 13.6. The molecule has 1 aromatic carbocycles. The molecule has 6 heteroatoms. The summed E-state index contributed by atoms with van der Waals surface area (Å²) in [5.74, 6) is -0.933. The summed E-state index contributed by atoms with van der Waals surface area (Å²) in [6, 6.07) is 11.5. The Hall–Kier alpha value is -2.18. The van der Waals surface area contributed by atoms with Crippen LogP contribution in [0.1, 0.15) is 16.5 Å². The predicted molar refractivity (Wildman–Crippen MR) is 86.9 cm³/mol. The molecule has 0 N–H and O–H groups in total. The Kier molecular flexibility index (Phi) is 3.25. The molecular formula is C17H16N2O3S. The molecule has 4 rings (SSSR count). The highest BCUT2D eigenvalue weighted by Gasteiger charge is 2.59. The van der Waals surface area contributed by atoms with Crippen LogP contribution in [-0.2, 0) is 14.4 Å². The average molecular weight is 328 g/mol. The molecular weight excluding hydrogens is 312 g/mol. The van der Waals surface area contributed by atoms with Crippen molar-refractivity contribution in [3.63, 3.8) is 0 Å². The highest BCUT2D eigenvalue weighted by atomic mass is 32.1. The summed E-state index contributed by atoms with van der Waals surface area (Å²) >= 11 is 1.57. The summed E-state index contributed by atoms with van der Waals surface area (Å²) in [7, 11) is 1.52.